The molecule has 1 aliphatic rings. The molecule has 0 amide bonds. The van der Waals surface area contributed by atoms with Crippen LogP contribution in [0.25, 0.3) is 5.57 Å². The Balaban J connectivity index is 2.58. The maximum absolute atomic E-state index is 11.8. The van der Waals surface area contributed by atoms with Crippen molar-refractivity contribution in [3.63, 3.8) is 0 Å². The standard InChI is InChI=1S/C11H13NO2S2/c1-15-6-9-7-16(13,14)11-3-2-8(5-12)4-10(9)11/h2-4,7H,5-6,12H2,1H3. The molecule has 0 unspecified atom stereocenters. The topological polar surface area (TPSA) is 60.2 Å². The normalized spacial score (nSPS) is 17.0. The number of sulfone groups is 1. The Labute approximate surface area is 99.6 Å². The first kappa shape index (κ1) is 11.7. The van der Waals surface area contributed by atoms with Crippen LogP contribution in [-0.2, 0) is 16.4 Å². The van der Waals surface area contributed by atoms with Gasteiger partial charge in [0.2, 0.25) is 9.84 Å². The first-order chi connectivity index (χ1) is 7.58. The Kier molecular flexibility index (Phi) is 3.10. The summed E-state index contributed by atoms with van der Waals surface area (Å²) in [5, 5.41) is 1.37. The van der Waals surface area contributed by atoms with Crippen LogP contribution in [0.2, 0.25) is 0 Å². The fourth-order valence-corrected chi connectivity index (χ4v) is 3.91. The summed E-state index contributed by atoms with van der Waals surface area (Å²) in [7, 11) is -3.22. The predicted octanol–water partition coefficient (Wildman–Crippen LogP) is 1.64. The molecule has 0 radical (unpaired) electrons. The average molecular weight is 255 g/mol. The predicted molar refractivity (Wildman–Crippen MR) is 67.9 cm³/mol. The van der Waals surface area contributed by atoms with E-state index in [0.29, 0.717) is 17.2 Å². The quantitative estimate of drug-likeness (QED) is 0.892. The lowest BCUT2D eigenvalue weighted by molar-refractivity contribution is 0.605. The van der Waals surface area contributed by atoms with Crippen LogP contribution in [0.3, 0.4) is 0 Å². The first-order valence-corrected chi connectivity index (χ1v) is 7.80. The second kappa shape index (κ2) is 4.24. The zero-order chi connectivity index (χ0) is 11.8. The molecule has 1 aromatic rings. The summed E-state index contributed by atoms with van der Waals surface area (Å²) in [6.07, 6.45) is 1.96. The Morgan fingerprint density at radius 3 is 2.75 bits per heavy atom. The molecule has 86 valence electrons. The molecule has 0 atom stereocenters. The van der Waals surface area contributed by atoms with Gasteiger partial charge in [-0.25, -0.2) is 8.42 Å². The summed E-state index contributed by atoms with van der Waals surface area (Å²) in [4.78, 5) is 0.411. The lowest BCUT2D eigenvalue weighted by atomic mass is 10.1. The molecule has 2 rings (SSSR count). The zero-order valence-electron chi connectivity index (χ0n) is 8.93. The summed E-state index contributed by atoms with van der Waals surface area (Å²) in [6.45, 7) is 0.430. The molecular formula is C11H13NO2S2. The molecule has 0 spiro atoms. The van der Waals surface area contributed by atoms with Crippen LogP contribution in [-0.4, -0.2) is 20.4 Å². The van der Waals surface area contributed by atoms with Crippen molar-refractivity contribution in [3.8, 4) is 0 Å². The highest BCUT2D eigenvalue weighted by molar-refractivity contribution is 7.99. The third-order valence-electron chi connectivity index (χ3n) is 2.53. The lowest BCUT2D eigenvalue weighted by Gasteiger charge is -2.05. The highest BCUT2D eigenvalue weighted by atomic mass is 32.2. The van der Waals surface area contributed by atoms with Crippen LogP contribution in [0, 0.1) is 0 Å². The molecule has 0 saturated carbocycles. The van der Waals surface area contributed by atoms with E-state index in [1.165, 1.54) is 5.41 Å². The molecular weight excluding hydrogens is 242 g/mol. The molecule has 0 fully saturated rings. The molecule has 0 bridgehead atoms. The third kappa shape index (κ3) is 1.90. The van der Waals surface area contributed by atoms with Crippen molar-refractivity contribution in [2.75, 3.05) is 12.0 Å². The van der Waals surface area contributed by atoms with Gasteiger partial charge in [-0.2, -0.15) is 11.8 Å². The minimum absolute atomic E-state index is 0.411. The molecule has 3 nitrogen and oxygen atoms in total. The summed E-state index contributed by atoms with van der Waals surface area (Å²) < 4.78 is 23.6. The molecule has 1 heterocycles. The molecule has 16 heavy (non-hydrogen) atoms. The first-order valence-electron chi connectivity index (χ1n) is 4.86. The lowest BCUT2D eigenvalue weighted by Crippen LogP contribution is -1.99. The van der Waals surface area contributed by atoms with Gasteiger partial charge in [0.05, 0.1) is 4.90 Å². The molecule has 2 N–H and O–H groups in total. The van der Waals surface area contributed by atoms with Crippen LogP contribution >= 0.6 is 11.8 Å². The van der Waals surface area contributed by atoms with Gasteiger partial charge in [-0.1, -0.05) is 6.07 Å². The summed E-state index contributed by atoms with van der Waals surface area (Å²) in [6, 6.07) is 5.30. The number of hydrogen-bond acceptors (Lipinski definition) is 4. The summed E-state index contributed by atoms with van der Waals surface area (Å²) in [5.74, 6) is 0.709. The smallest absolute Gasteiger partial charge is 0.200 e. The Morgan fingerprint density at radius 1 is 1.38 bits per heavy atom. The molecule has 0 saturated heterocycles. The van der Waals surface area contributed by atoms with Crippen molar-refractivity contribution in [3.05, 3.63) is 34.7 Å². The fourth-order valence-electron chi connectivity index (χ4n) is 1.78. The van der Waals surface area contributed by atoms with Gasteiger partial charge in [0.15, 0.2) is 0 Å². The van der Waals surface area contributed by atoms with Crippen LogP contribution in [0.15, 0.2) is 28.5 Å². The van der Waals surface area contributed by atoms with Gasteiger partial charge in [-0.15, -0.1) is 0 Å². The van der Waals surface area contributed by atoms with E-state index >= 15 is 0 Å². The van der Waals surface area contributed by atoms with Crippen LogP contribution in [0.1, 0.15) is 11.1 Å². The van der Waals surface area contributed by atoms with Crippen molar-refractivity contribution in [1.82, 2.24) is 0 Å². The number of nitrogens with two attached hydrogens (primary N) is 1. The highest BCUT2D eigenvalue weighted by Crippen LogP contribution is 2.35. The second-order valence-corrected chi connectivity index (χ2v) is 6.29. The maximum Gasteiger partial charge on any atom is 0.200 e. The fraction of sp³-hybridized carbons (Fsp3) is 0.273. The number of rotatable bonds is 3. The van der Waals surface area contributed by atoms with E-state index in [0.717, 1.165) is 16.7 Å². The van der Waals surface area contributed by atoms with Gasteiger partial charge in [0.25, 0.3) is 0 Å². The SMILES string of the molecule is CSCC1=CS(=O)(=O)c2ccc(CN)cc21. The number of fused-ring (bicyclic) bond motifs is 1. The monoisotopic (exact) mass is 255 g/mol. The summed E-state index contributed by atoms with van der Waals surface area (Å²) >= 11 is 1.61. The van der Waals surface area contributed by atoms with Crippen LogP contribution < -0.4 is 5.73 Å². The van der Waals surface area contributed by atoms with Gasteiger partial charge >= 0.3 is 0 Å². The van der Waals surface area contributed by atoms with E-state index in [2.05, 4.69) is 0 Å². The van der Waals surface area contributed by atoms with E-state index in [4.69, 9.17) is 5.73 Å². The van der Waals surface area contributed by atoms with Crippen LogP contribution in [0.4, 0.5) is 0 Å². The van der Waals surface area contributed by atoms with Crippen molar-refractivity contribution < 1.29 is 8.42 Å². The Bertz CT molecular complexity index is 547. The van der Waals surface area contributed by atoms with Gasteiger partial charge in [0.1, 0.15) is 0 Å². The number of benzene rings is 1. The van der Waals surface area contributed by atoms with E-state index in [9.17, 15) is 8.42 Å². The average Bonchev–Trinajstić information content (AvgIpc) is 2.51. The Morgan fingerprint density at radius 2 is 2.12 bits per heavy atom. The van der Waals surface area contributed by atoms with E-state index in [1.54, 1.807) is 23.9 Å². The van der Waals surface area contributed by atoms with Crippen molar-refractivity contribution >= 4 is 27.2 Å². The molecule has 1 aliphatic heterocycles. The van der Waals surface area contributed by atoms with Crippen LogP contribution in [0.5, 0.6) is 0 Å². The van der Waals surface area contributed by atoms with Crippen molar-refractivity contribution in [2.45, 2.75) is 11.4 Å². The van der Waals surface area contributed by atoms with Gasteiger partial charge < -0.3 is 5.73 Å². The molecule has 0 aromatic heterocycles. The minimum atomic E-state index is -3.22. The zero-order valence-corrected chi connectivity index (χ0v) is 10.6. The van der Waals surface area contributed by atoms with E-state index in [1.807, 2.05) is 12.3 Å². The second-order valence-electron chi connectivity index (χ2n) is 3.66. The largest absolute Gasteiger partial charge is 0.326 e. The maximum atomic E-state index is 11.8. The number of thioether (sulfide) groups is 1. The van der Waals surface area contributed by atoms with E-state index < -0.39 is 9.84 Å². The third-order valence-corrected chi connectivity index (χ3v) is 4.69. The van der Waals surface area contributed by atoms with E-state index in [-0.39, 0.29) is 0 Å². The number of hydrogen-bond donors (Lipinski definition) is 1. The van der Waals surface area contributed by atoms with Crippen molar-refractivity contribution in [2.24, 2.45) is 5.73 Å². The minimum Gasteiger partial charge on any atom is -0.326 e. The summed E-state index contributed by atoms with van der Waals surface area (Å²) in [5.41, 5.74) is 8.21. The van der Waals surface area contributed by atoms with Gasteiger partial charge in [-0.3, -0.25) is 0 Å². The Hall–Kier alpha value is -0.780. The molecule has 5 heteroatoms. The highest BCUT2D eigenvalue weighted by Gasteiger charge is 2.26. The van der Waals surface area contributed by atoms with Gasteiger partial charge in [-0.05, 0) is 35.1 Å². The molecule has 1 aromatic carbocycles. The van der Waals surface area contributed by atoms with Crippen molar-refractivity contribution in [1.29, 1.82) is 0 Å². The van der Waals surface area contributed by atoms with Gasteiger partial charge in [0, 0.05) is 17.7 Å². The molecule has 0 aliphatic carbocycles.